The molecular formula is C21H25N3OS. The maximum Gasteiger partial charge on any atom is 0.220 e. The summed E-state index contributed by atoms with van der Waals surface area (Å²) in [7, 11) is 0. The van der Waals surface area contributed by atoms with Crippen LogP contribution in [-0.4, -0.2) is 27.2 Å². The van der Waals surface area contributed by atoms with Crippen molar-refractivity contribution in [3.05, 3.63) is 53.9 Å². The van der Waals surface area contributed by atoms with Crippen LogP contribution in [0.3, 0.4) is 0 Å². The van der Waals surface area contributed by atoms with Crippen molar-refractivity contribution in [2.45, 2.75) is 67.3 Å². The lowest BCUT2D eigenvalue weighted by Gasteiger charge is -2.28. The molecule has 0 bridgehead atoms. The highest BCUT2D eigenvalue weighted by molar-refractivity contribution is 7.99. The molecule has 2 aliphatic rings. The second-order valence-corrected chi connectivity index (χ2v) is 8.60. The van der Waals surface area contributed by atoms with E-state index >= 15 is 0 Å². The van der Waals surface area contributed by atoms with Gasteiger partial charge in [0, 0.05) is 30.1 Å². The lowest BCUT2D eigenvalue weighted by atomic mass is 9.93. The minimum absolute atomic E-state index is 0.217. The number of hydrogen-bond acceptors (Lipinski definition) is 4. The van der Waals surface area contributed by atoms with Crippen LogP contribution in [0.25, 0.3) is 0 Å². The summed E-state index contributed by atoms with van der Waals surface area (Å²) >= 11 is 1.77. The Balaban J connectivity index is 1.23. The minimum Gasteiger partial charge on any atom is -0.353 e. The number of rotatable bonds is 5. The molecule has 1 aromatic carbocycles. The molecule has 1 fully saturated rings. The summed E-state index contributed by atoms with van der Waals surface area (Å²) in [6, 6.07) is 10.7. The van der Waals surface area contributed by atoms with Crippen LogP contribution in [0.4, 0.5) is 0 Å². The highest BCUT2D eigenvalue weighted by Crippen LogP contribution is 2.35. The lowest BCUT2D eigenvalue weighted by molar-refractivity contribution is -0.122. The molecule has 0 radical (unpaired) electrons. The van der Waals surface area contributed by atoms with E-state index in [0.29, 0.717) is 23.6 Å². The van der Waals surface area contributed by atoms with Gasteiger partial charge in [0.25, 0.3) is 0 Å². The topological polar surface area (TPSA) is 54.9 Å². The molecule has 1 unspecified atom stereocenters. The zero-order valence-electron chi connectivity index (χ0n) is 14.9. The van der Waals surface area contributed by atoms with Crippen LogP contribution in [0.2, 0.25) is 0 Å². The van der Waals surface area contributed by atoms with Gasteiger partial charge in [-0.05, 0) is 61.6 Å². The van der Waals surface area contributed by atoms with Crippen molar-refractivity contribution in [2.24, 2.45) is 0 Å². The molecule has 1 amide bonds. The zero-order valence-corrected chi connectivity index (χ0v) is 15.8. The summed E-state index contributed by atoms with van der Waals surface area (Å²) in [4.78, 5) is 21.1. The Kier molecular flexibility index (Phi) is 5.54. The van der Waals surface area contributed by atoms with Crippen LogP contribution in [0, 0.1) is 0 Å². The van der Waals surface area contributed by atoms with Gasteiger partial charge in [-0.25, -0.2) is 9.97 Å². The predicted molar refractivity (Wildman–Crippen MR) is 104 cm³/mol. The highest BCUT2D eigenvalue weighted by Gasteiger charge is 2.27. The fourth-order valence-corrected chi connectivity index (χ4v) is 5.24. The summed E-state index contributed by atoms with van der Waals surface area (Å²) in [6.45, 7) is 0. The van der Waals surface area contributed by atoms with Gasteiger partial charge in [0.1, 0.15) is 0 Å². The SMILES string of the molecule is O=C(CC1CCc2ccccc21)NC1CCC(Sc2ncccn2)CC1. The third kappa shape index (κ3) is 4.26. The molecule has 5 heteroatoms. The summed E-state index contributed by atoms with van der Waals surface area (Å²) in [5, 5.41) is 4.70. The molecule has 1 heterocycles. The van der Waals surface area contributed by atoms with E-state index in [0.717, 1.165) is 43.7 Å². The number of benzene rings is 1. The van der Waals surface area contributed by atoms with Gasteiger partial charge >= 0.3 is 0 Å². The number of aromatic nitrogens is 2. The summed E-state index contributed by atoms with van der Waals surface area (Å²) < 4.78 is 0. The third-order valence-corrected chi connectivity index (χ3v) is 6.77. The second-order valence-electron chi connectivity index (χ2n) is 7.33. The Morgan fingerprint density at radius 1 is 1.04 bits per heavy atom. The first kappa shape index (κ1) is 17.5. The van der Waals surface area contributed by atoms with Gasteiger partial charge in [-0.2, -0.15) is 0 Å². The molecule has 136 valence electrons. The predicted octanol–water partition coefficient (Wildman–Crippen LogP) is 4.12. The van der Waals surface area contributed by atoms with E-state index < -0.39 is 0 Å². The molecule has 4 rings (SSSR count). The van der Waals surface area contributed by atoms with Crippen LogP contribution in [0.1, 0.15) is 55.6 Å². The first-order valence-corrected chi connectivity index (χ1v) is 10.5. The molecule has 1 atom stereocenters. The molecule has 0 saturated heterocycles. The minimum atomic E-state index is 0.217. The molecule has 1 saturated carbocycles. The largest absolute Gasteiger partial charge is 0.353 e. The highest BCUT2D eigenvalue weighted by atomic mass is 32.2. The van der Waals surface area contributed by atoms with E-state index in [2.05, 4.69) is 39.6 Å². The number of hydrogen-bond donors (Lipinski definition) is 1. The van der Waals surface area contributed by atoms with Crippen molar-refractivity contribution in [3.8, 4) is 0 Å². The molecule has 26 heavy (non-hydrogen) atoms. The smallest absolute Gasteiger partial charge is 0.220 e. The van der Waals surface area contributed by atoms with E-state index in [4.69, 9.17) is 0 Å². The number of carbonyl (C=O) groups is 1. The molecule has 1 N–H and O–H groups in total. The van der Waals surface area contributed by atoms with E-state index in [9.17, 15) is 4.79 Å². The van der Waals surface area contributed by atoms with Crippen LogP contribution in [0.15, 0.2) is 47.9 Å². The number of carbonyl (C=O) groups excluding carboxylic acids is 1. The van der Waals surface area contributed by atoms with Gasteiger partial charge in [0.2, 0.25) is 5.91 Å². The Labute approximate surface area is 159 Å². The first-order chi connectivity index (χ1) is 12.8. The third-order valence-electron chi connectivity index (χ3n) is 5.54. The Morgan fingerprint density at radius 3 is 2.62 bits per heavy atom. The Morgan fingerprint density at radius 2 is 1.81 bits per heavy atom. The molecule has 1 aromatic heterocycles. The van der Waals surface area contributed by atoms with Gasteiger partial charge < -0.3 is 5.32 Å². The average Bonchev–Trinajstić information content (AvgIpc) is 3.07. The van der Waals surface area contributed by atoms with Crippen molar-refractivity contribution in [1.29, 1.82) is 0 Å². The van der Waals surface area contributed by atoms with Gasteiger partial charge in [0.05, 0.1) is 0 Å². The standard InChI is InChI=1S/C21H25N3OS/c25-20(14-16-7-6-15-4-1-2-5-19(15)16)24-17-8-10-18(11-9-17)26-21-22-12-3-13-23-21/h1-5,12-13,16-18H,6-11,14H2,(H,24,25). The van der Waals surface area contributed by atoms with Gasteiger partial charge in [-0.15, -0.1) is 0 Å². The quantitative estimate of drug-likeness (QED) is 0.808. The van der Waals surface area contributed by atoms with Crippen LogP contribution in [-0.2, 0) is 11.2 Å². The second kappa shape index (κ2) is 8.21. The van der Waals surface area contributed by atoms with Crippen LogP contribution in [0.5, 0.6) is 0 Å². The molecule has 2 aromatic rings. The Bertz CT molecular complexity index is 744. The maximum absolute atomic E-state index is 12.5. The van der Waals surface area contributed by atoms with Crippen molar-refractivity contribution in [3.63, 3.8) is 0 Å². The summed E-state index contributed by atoms with van der Waals surface area (Å²) in [5.41, 5.74) is 2.80. The average molecular weight is 368 g/mol. The van der Waals surface area contributed by atoms with Crippen molar-refractivity contribution < 1.29 is 4.79 Å². The molecule has 0 spiro atoms. The van der Waals surface area contributed by atoms with E-state index in [1.807, 2.05) is 6.07 Å². The normalized spacial score (nSPS) is 24.8. The number of nitrogens with one attached hydrogen (secondary N) is 1. The van der Waals surface area contributed by atoms with Crippen molar-refractivity contribution in [1.82, 2.24) is 15.3 Å². The van der Waals surface area contributed by atoms with Crippen molar-refractivity contribution in [2.75, 3.05) is 0 Å². The number of thioether (sulfide) groups is 1. The van der Waals surface area contributed by atoms with Gasteiger partial charge in [-0.1, -0.05) is 36.0 Å². The zero-order chi connectivity index (χ0) is 17.8. The maximum atomic E-state index is 12.5. The summed E-state index contributed by atoms with van der Waals surface area (Å²) in [5.74, 6) is 0.613. The number of aryl methyl sites for hydroxylation is 1. The summed E-state index contributed by atoms with van der Waals surface area (Å²) in [6.07, 6.45) is 10.8. The number of amides is 1. The van der Waals surface area contributed by atoms with Gasteiger partial charge in [-0.3, -0.25) is 4.79 Å². The van der Waals surface area contributed by atoms with E-state index in [1.54, 1.807) is 24.2 Å². The first-order valence-electron chi connectivity index (χ1n) is 9.59. The van der Waals surface area contributed by atoms with Crippen LogP contribution >= 0.6 is 11.8 Å². The number of nitrogens with zero attached hydrogens (tertiary/aromatic N) is 2. The van der Waals surface area contributed by atoms with Gasteiger partial charge in [0.15, 0.2) is 5.16 Å². The molecule has 0 aliphatic heterocycles. The molecule has 2 aliphatic carbocycles. The van der Waals surface area contributed by atoms with E-state index in [1.165, 1.54) is 11.1 Å². The molecular weight excluding hydrogens is 342 g/mol. The lowest BCUT2D eigenvalue weighted by Crippen LogP contribution is -2.38. The monoisotopic (exact) mass is 367 g/mol. The Hall–Kier alpha value is -1.88. The van der Waals surface area contributed by atoms with E-state index in [-0.39, 0.29) is 5.91 Å². The van der Waals surface area contributed by atoms with Crippen molar-refractivity contribution >= 4 is 17.7 Å². The van der Waals surface area contributed by atoms with Crippen LogP contribution < -0.4 is 5.32 Å². The fourth-order valence-electron chi connectivity index (χ4n) is 4.19. The molecule has 4 nitrogen and oxygen atoms in total. The fraction of sp³-hybridized carbons (Fsp3) is 0.476. The number of fused-ring (bicyclic) bond motifs is 1.